The van der Waals surface area contributed by atoms with Gasteiger partial charge >= 0.3 is 0 Å². The Balaban J connectivity index is 0. The highest BCUT2D eigenvalue weighted by molar-refractivity contribution is 7.87. The SMILES string of the molecule is CCC(=O)NS(N)(=O)=O.Cl. The predicted molar refractivity (Wildman–Crippen MR) is 38.8 cm³/mol. The smallest absolute Gasteiger partial charge is 0.274 e. The molecule has 0 rings (SSSR count). The third kappa shape index (κ3) is 7.67. The molecule has 0 aromatic rings. The van der Waals surface area contributed by atoms with E-state index in [1.165, 1.54) is 6.92 Å². The van der Waals surface area contributed by atoms with Gasteiger partial charge in [0.25, 0.3) is 10.2 Å². The maximum atomic E-state index is 10.3. The summed E-state index contributed by atoms with van der Waals surface area (Å²) in [6.45, 7) is 1.53. The molecule has 0 aliphatic rings. The third-order valence-corrected chi connectivity index (χ3v) is 1.09. The van der Waals surface area contributed by atoms with Crippen LogP contribution in [-0.4, -0.2) is 14.3 Å². The topological polar surface area (TPSA) is 89.3 Å². The zero-order valence-corrected chi connectivity index (χ0v) is 6.96. The molecule has 5 nitrogen and oxygen atoms in total. The number of halogens is 1. The highest BCUT2D eigenvalue weighted by Crippen LogP contribution is 1.75. The summed E-state index contributed by atoms with van der Waals surface area (Å²) in [5, 5.41) is 4.45. The van der Waals surface area contributed by atoms with Gasteiger partial charge < -0.3 is 0 Å². The van der Waals surface area contributed by atoms with E-state index in [-0.39, 0.29) is 18.8 Å². The fourth-order valence-electron chi connectivity index (χ4n) is 0.231. The predicted octanol–water partition coefficient (Wildman–Crippen LogP) is -0.862. The normalized spacial score (nSPS) is 9.80. The number of carbonyl (C=O) groups excluding carboxylic acids is 1. The molecule has 0 aromatic carbocycles. The number of carbonyl (C=O) groups is 1. The van der Waals surface area contributed by atoms with Crippen molar-refractivity contribution in [2.45, 2.75) is 13.3 Å². The molecule has 0 unspecified atom stereocenters. The number of rotatable bonds is 2. The Morgan fingerprint density at radius 3 is 2.10 bits per heavy atom. The molecule has 62 valence electrons. The fourth-order valence-corrected chi connectivity index (χ4v) is 0.693. The van der Waals surface area contributed by atoms with Gasteiger partial charge in [0.05, 0.1) is 0 Å². The molecule has 0 bridgehead atoms. The first kappa shape index (κ1) is 12.4. The van der Waals surface area contributed by atoms with E-state index in [2.05, 4.69) is 5.14 Å². The lowest BCUT2D eigenvalue weighted by molar-refractivity contribution is -0.119. The maximum absolute atomic E-state index is 10.3. The molecule has 0 saturated carbocycles. The molecule has 0 aliphatic carbocycles. The number of nitrogens with one attached hydrogen (secondary N) is 1. The van der Waals surface area contributed by atoms with Gasteiger partial charge in [-0.15, -0.1) is 12.4 Å². The van der Waals surface area contributed by atoms with Crippen molar-refractivity contribution in [2.24, 2.45) is 5.14 Å². The Labute approximate surface area is 65.6 Å². The molecule has 10 heavy (non-hydrogen) atoms. The molecule has 0 heterocycles. The summed E-state index contributed by atoms with van der Waals surface area (Å²) in [6.07, 6.45) is 0.108. The molecule has 0 aromatic heterocycles. The minimum Gasteiger partial charge on any atom is -0.274 e. The van der Waals surface area contributed by atoms with E-state index >= 15 is 0 Å². The Kier molecular flexibility index (Phi) is 5.54. The zero-order valence-electron chi connectivity index (χ0n) is 5.33. The van der Waals surface area contributed by atoms with Crippen molar-refractivity contribution >= 4 is 28.5 Å². The standard InChI is InChI=1S/C3H8N2O3S.ClH/c1-2-3(6)5-9(4,7)8;/h2H2,1H3,(H,5,6)(H2,4,7,8);1H. The molecule has 0 atom stereocenters. The van der Waals surface area contributed by atoms with Crippen LogP contribution in [-0.2, 0) is 15.0 Å². The van der Waals surface area contributed by atoms with E-state index < -0.39 is 16.1 Å². The highest BCUT2D eigenvalue weighted by atomic mass is 35.5. The molecule has 0 spiro atoms. The van der Waals surface area contributed by atoms with Crippen LogP contribution in [0.3, 0.4) is 0 Å². The average molecular weight is 189 g/mol. The summed E-state index contributed by atoms with van der Waals surface area (Å²) in [4.78, 5) is 10.3. The van der Waals surface area contributed by atoms with Gasteiger partial charge in [-0.05, 0) is 0 Å². The van der Waals surface area contributed by atoms with Gasteiger partial charge in [0.15, 0.2) is 0 Å². The van der Waals surface area contributed by atoms with Crippen LogP contribution in [0.4, 0.5) is 0 Å². The number of hydrogen-bond donors (Lipinski definition) is 2. The van der Waals surface area contributed by atoms with Gasteiger partial charge in [0, 0.05) is 6.42 Å². The molecular formula is C3H9ClN2O3S. The van der Waals surface area contributed by atoms with Crippen molar-refractivity contribution in [3.05, 3.63) is 0 Å². The van der Waals surface area contributed by atoms with Gasteiger partial charge in [0.1, 0.15) is 0 Å². The number of amides is 1. The van der Waals surface area contributed by atoms with E-state index in [0.717, 1.165) is 0 Å². The van der Waals surface area contributed by atoms with Gasteiger partial charge in [-0.3, -0.25) is 4.79 Å². The lowest BCUT2D eigenvalue weighted by atomic mass is 10.5. The van der Waals surface area contributed by atoms with Crippen LogP contribution >= 0.6 is 12.4 Å². The fraction of sp³-hybridized carbons (Fsp3) is 0.667. The van der Waals surface area contributed by atoms with E-state index in [1.807, 2.05) is 0 Å². The second-order valence-electron chi connectivity index (χ2n) is 1.42. The summed E-state index contributed by atoms with van der Waals surface area (Å²) >= 11 is 0. The largest absolute Gasteiger partial charge is 0.298 e. The van der Waals surface area contributed by atoms with Gasteiger partial charge in [-0.2, -0.15) is 8.42 Å². The molecule has 0 aliphatic heterocycles. The minimum atomic E-state index is -3.83. The van der Waals surface area contributed by atoms with Crippen molar-refractivity contribution in [3.63, 3.8) is 0 Å². The quantitative estimate of drug-likeness (QED) is 0.591. The van der Waals surface area contributed by atoms with Gasteiger partial charge in [-0.1, -0.05) is 6.92 Å². The summed E-state index contributed by atoms with van der Waals surface area (Å²) in [7, 11) is -3.83. The summed E-state index contributed by atoms with van der Waals surface area (Å²) in [5.74, 6) is -0.600. The second kappa shape index (κ2) is 4.48. The Morgan fingerprint density at radius 2 is 2.00 bits per heavy atom. The summed E-state index contributed by atoms with van der Waals surface area (Å²) in [5.41, 5.74) is 0. The number of nitrogens with two attached hydrogens (primary N) is 1. The van der Waals surface area contributed by atoms with Crippen LogP contribution < -0.4 is 9.86 Å². The van der Waals surface area contributed by atoms with Crippen molar-refractivity contribution in [2.75, 3.05) is 0 Å². The molecule has 1 amide bonds. The molecule has 0 fully saturated rings. The Morgan fingerprint density at radius 1 is 1.60 bits per heavy atom. The van der Waals surface area contributed by atoms with Crippen molar-refractivity contribution in [1.82, 2.24) is 4.72 Å². The minimum absolute atomic E-state index is 0. The third-order valence-electron chi connectivity index (χ3n) is 0.577. The van der Waals surface area contributed by atoms with Crippen molar-refractivity contribution in [1.29, 1.82) is 0 Å². The second-order valence-corrected chi connectivity index (χ2v) is 2.72. The summed E-state index contributed by atoms with van der Waals surface area (Å²) in [6, 6.07) is 0. The number of hydrogen-bond acceptors (Lipinski definition) is 3. The molecule has 0 radical (unpaired) electrons. The lowest BCUT2D eigenvalue weighted by Gasteiger charge is -1.96. The van der Waals surface area contributed by atoms with Crippen LogP contribution in [0.25, 0.3) is 0 Å². The van der Waals surface area contributed by atoms with Gasteiger partial charge in [0.2, 0.25) is 5.91 Å². The van der Waals surface area contributed by atoms with Crippen LogP contribution in [0.15, 0.2) is 0 Å². The van der Waals surface area contributed by atoms with Crippen molar-refractivity contribution < 1.29 is 13.2 Å². The van der Waals surface area contributed by atoms with Crippen LogP contribution in [0.1, 0.15) is 13.3 Å². The lowest BCUT2D eigenvalue weighted by Crippen LogP contribution is -2.35. The Bertz CT molecular complexity index is 200. The van der Waals surface area contributed by atoms with Gasteiger partial charge in [-0.25, -0.2) is 9.86 Å². The molecular weight excluding hydrogens is 180 g/mol. The Hall–Kier alpha value is -0.330. The monoisotopic (exact) mass is 188 g/mol. The molecule has 3 N–H and O–H groups in total. The first-order valence-electron chi connectivity index (χ1n) is 2.29. The molecule has 7 heteroatoms. The highest BCUT2D eigenvalue weighted by Gasteiger charge is 2.04. The van der Waals surface area contributed by atoms with E-state index in [1.54, 1.807) is 4.72 Å². The summed E-state index contributed by atoms with van der Waals surface area (Å²) < 4.78 is 21.7. The van der Waals surface area contributed by atoms with E-state index in [0.29, 0.717) is 0 Å². The first-order chi connectivity index (χ1) is 3.95. The van der Waals surface area contributed by atoms with Crippen molar-refractivity contribution in [3.8, 4) is 0 Å². The molecule has 0 saturated heterocycles. The van der Waals surface area contributed by atoms with Crippen LogP contribution in [0, 0.1) is 0 Å². The average Bonchev–Trinajstić information content (AvgIpc) is 1.62. The van der Waals surface area contributed by atoms with E-state index in [4.69, 9.17) is 0 Å². The zero-order chi connectivity index (χ0) is 7.49. The van der Waals surface area contributed by atoms with Crippen LogP contribution in [0.5, 0.6) is 0 Å². The first-order valence-corrected chi connectivity index (χ1v) is 3.83. The maximum Gasteiger partial charge on any atom is 0.298 e. The van der Waals surface area contributed by atoms with E-state index in [9.17, 15) is 13.2 Å². The van der Waals surface area contributed by atoms with Crippen LogP contribution in [0.2, 0.25) is 0 Å².